The highest BCUT2D eigenvalue weighted by molar-refractivity contribution is 5.95. The smallest absolute Gasteiger partial charge is 0.251 e. The van der Waals surface area contributed by atoms with Crippen LogP contribution in [0.1, 0.15) is 37.6 Å². The third-order valence-corrected chi connectivity index (χ3v) is 2.85. The Morgan fingerprint density at radius 2 is 1.85 bits per heavy atom. The van der Waals surface area contributed by atoms with Crippen LogP contribution in [-0.4, -0.2) is 36.9 Å². The second kappa shape index (κ2) is 8.43. The summed E-state index contributed by atoms with van der Waals surface area (Å²) in [7, 11) is 0. The van der Waals surface area contributed by atoms with Crippen molar-refractivity contribution in [3.05, 3.63) is 23.8 Å². The number of aliphatic hydroxyl groups excluding tert-OH is 1. The highest BCUT2D eigenvalue weighted by Crippen LogP contribution is 2.28. The number of amides is 1. The number of benzene rings is 1. The molecule has 2 N–H and O–H groups in total. The molecule has 1 aromatic carbocycles. The third kappa shape index (κ3) is 4.42. The normalized spacial score (nSPS) is 11.8. The van der Waals surface area contributed by atoms with Crippen molar-refractivity contribution in [3.8, 4) is 11.5 Å². The van der Waals surface area contributed by atoms with E-state index in [9.17, 15) is 4.79 Å². The van der Waals surface area contributed by atoms with Crippen LogP contribution in [0, 0.1) is 0 Å². The number of carbonyl (C=O) groups is 1. The van der Waals surface area contributed by atoms with Gasteiger partial charge in [0.25, 0.3) is 5.91 Å². The van der Waals surface area contributed by atoms with Gasteiger partial charge in [-0.15, -0.1) is 0 Å². The van der Waals surface area contributed by atoms with Crippen molar-refractivity contribution in [2.24, 2.45) is 0 Å². The molecule has 1 rings (SSSR count). The Morgan fingerprint density at radius 3 is 2.40 bits per heavy atom. The number of aliphatic hydroxyl groups is 1. The van der Waals surface area contributed by atoms with Crippen LogP contribution in [0.3, 0.4) is 0 Å². The number of nitrogens with one attached hydrogen (secondary N) is 1. The van der Waals surface area contributed by atoms with Crippen molar-refractivity contribution < 1.29 is 19.4 Å². The van der Waals surface area contributed by atoms with E-state index in [0.717, 1.165) is 0 Å². The quantitative estimate of drug-likeness (QED) is 0.764. The Balaban J connectivity index is 2.89. The van der Waals surface area contributed by atoms with Crippen molar-refractivity contribution in [1.29, 1.82) is 0 Å². The number of carbonyl (C=O) groups excluding carboxylic acids is 1. The zero-order valence-electron chi connectivity index (χ0n) is 12.3. The summed E-state index contributed by atoms with van der Waals surface area (Å²) in [5.41, 5.74) is 0.490. The van der Waals surface area contributed by atoms with Crippen LogP contribution in [-0.2, 0) is 0 Å². The molecule has 0 saturated carbocycles. The second-order valence-electron chi connectivity index (χ2n) is 4.29. The highest BCUT2D eigenvalue weighted by atomic mass is 16.5. The molecule has 0 aromatic heterocycles. The lowest BCUT2D eigenvalue weighted by Crippen LogP contribution is -2.36. The maximum absolute atomic E-state index is 12.1. The van der Waals surface area contributed by atoms with Gasteiger partial charge < -0.3 is 19.9 Å². The molecule has 20 heavy (non-hydrogen) atoms. The lowest BCUT2D eigenvalue weighted by molar-refractivity contribution is 0.0914. The van der Waals surface area contributed by atoms with Gasteiger partial charge in [0.2, 0.25) is 0 Å². The Bertz CT molecular complexity index is 430. The van der Waals surface area contributed by atoms with Crippen LogP contribution in [0.5, 0.6) is 11.5 Å². The zero-order valence-corrected chi connectivity index (χ0v) is 12.3. The zero-order chi connectivity index (χ0) is 15.0. The molecule has 0 bridgehead atoms. The third-order valence-electron chi connectivity index (χ3n) is 2.85. The fourth-order valence-corrected chi connectivity index (χ4v) is 1.74. The minimum Gasteiger partial charge on any atom is -0.490 e. The SMILES string of the molecule is CCOc1ccc(C(=O)N[C@H](CC)CO)cc1OCC. The molecule has 1 atom stereocenters. The van der Waals surface area contributed by atoms with E-state index in [4.69, 9.17) is 14.6 Å². The predicted octanol–water partition coefficient (Wildman–Crippen LogP) is 1.98. The fraction of sp³-hybridized carbons (Fsp3) is 0.533. The number of hydrogen-bond acceptors (Lipinski definition) is 4. The van der Waals surface area contributed by atoms with Crippen LogP contribution in [0.25, 0.3) is 0 Å². The van der Waals surface area contributed by atoms with Crippen molar-refractivity contribution in [2.75, 3.05) is 19.8 Å². The summed E-state index contributed by atoms with van der Waals surface area (Å²) < 4.78 is 10.9. The van der Waals surface area contributed by atoms with Gasteiger partial charge >= 0.3 is 0 Å². The molecule has 1 aromatic rings. The number of hydrogen-bond donors (Lipinski definition) is 2. The predicted molar refractivity (Wildman–Crippen MR) is 77.4 cm³/mol. The van der Waals surface area contributed by atoms with Gasteiger partial charge in [-0.2, -0.15) is 0 Å². The van der Waals surface area contributed by atoms with Crippen LogP contribution in [0.15, 0.2) is 18.2 Å². The second-order valence-corrected chi connectivity index (χ2v) is 4.29. The minimum absolute atomic E-state index is 0.0718. The van der Waals surface area contributed by atoms with Crippen LogP contribution < -0.4 is 14.8 Å². The summed E-state index contributed by atoms with van der Waals surface area (Å²) in [6.45, 7) is 6.64. The van der Waals surface area contributed by atoms with Gasteiger partial charge in [-0.05, 0) is 38.5 Å². The van der Waals surface area contributed by atoms with Crippen LogP contribution in [0.2, 0.25) is 0 Å². The molecule has 0 aliphatic rings. The van der Waals surface area contributed by atoms with E-state index in [0.29, 0.717) is 36.7 Å². The Morgan fingerprint density at radius 1 is 1.20 bits per heavy atom. The van der Waals surface area contributed by atoms with Gasteiger partial charge in [-0.3, -0.25) is 4.79 Å². The molecule has 0 spiro atoms. The summed E-state index contributed by atoms with van der Waals surface area (Å²) in [5.74, 6) is 0.953. The van der Waals surface area contributed by atoms with E-state index in [1.165, 1.54) is 0 Å². The highest BCUT2D eigenvalue weighted by Gasteiger charge is 2.14. The van der Waals surface area contributed by atoms with Gasteiger partial charge in [0.1, 0.15) is 0 Å². The molecule has 0 aliphatic carbocycles. The Hall–Kier alpha value is -1.75. The molecule has 5 heteroatoms. The topological polar surface area (TPSA) is 67.8 Å². The Labute approximate surface area is 119 Å². The summed E-state index contributed by atoms with van der Waals surface area (Å²) in [4.78, 5) is 12.1. The molecular formula is C15H23NO4. The lowest BCUT2D eigenvalue weighted by Gasteiger charge is -2.15. The number of rotatable bonds is 8. The molecule has 0 saturated heterocycles. The van der Waals surface area contributed by atoms with Crippen molar-refractivity contribution >= 4 is 5.91 Å². The largest absolute Gasteiger partial charge is 0.490 e. The molecular weight excluding hydrogens is 258 g/mol. The van der Waals surface area contributed by atoms with E-state index in [-0.39, 0.29) is 18.6 Å². The molecule has 1 amide bonds. The average Bonchev–Trinajstić information content (AvgIpc) is 2.46. The van der Waals surface area contributed by atoms with E-state index in [2.05, 4.69) is 5.32 Å². The van der Waals surface area contributed by atoms with Gasteiger partial charge in [0, 0.05) is 5.56 Å². The molecule has 0 fully saturated rings. The molecule has 112 valence electrons. The van der Waals surface area contributed by atoms with E-state index < -0.39 is 0 Å². The standard InChI is InChI=1S/C15H23NO4/c1-4-12(10-17)16-15(18)11-7-8-13(19-5-2)14(9-11)20-6-3/h7-9,12,17H,4-6,10H2,1-3H3,(H,16,18)/t12-/m1/s1. The summed E-state index contributed by atoms with van der Waals surface area (Å²) in [6, 6.07) is 4.84. The van der Waals surface area contributed by atoms with Gasteiger partial charge in [-0.1, -0.05) is 6.92 Å². The summed E-state index contributed by atoms with van der Waals surface area (Å²) >= 11 is 0. The molecule has 5 nitrogen and oxygen atoms in total. The van der Waals surface area contributed by atoms with Crippen LogP contribution in [0.4, 0.5) is 0 Å². The summed E-state index contributed by atoms with van der Waals surface area (Å²) in [6.07, 6.45) is 0.678. The first-order valence-corrected chi connectivity index (χ1v) is 6.97. The minimum atomic E-state index is -0.232. The van der Waals surface area contributed by atoms with Crippen molar-refractivity contribution in [3.63, 3.8) is 0 Å². The maximum atomic E-state index is 12.1. The van der Waals surface area contributed by atoms with E-state index in [1.54, 1.807) is 18.2 Å². The fourth-order valence-electron chi connectivity index (χ4n) is 1.74. The molecule has 0 heterocycles. The van der Waals surface area contributed by atoms with Gasteiger partial charge in [-0.25, -0.2) is 0 Å². The Kier molecular flexibility index (Phi) is 6.87. The average molecular weight is 281 g/mol. The van der Waals surface area contributed by atoms with E-state index in [1.807, 2.05) is 20.8 Å². The summed E-state index contributed by atoms with van der Waals surface area (Å²) in [5, 5.41) is 11.9. The first-order valence-electron chi connectivity index (χ1n) is 6.97. The van der Waals surface area contributed by atoms with Crippen molar-refractivity contribution in [1.82, 2.24) is 5.32 Å². The first-order chi connectivity index (χ1) is 9.65. The maximum Gasteiger partial charge on any atom is 0.251 e. The molecule has 0 radical (unpaired) electrons. The lowest BCUT2D eigenvalue weighted by atomic mass is 10.1. The monoisotopic (exact) mass is 281 g/mol. The van der Waals surface area contributed by atoms with Gasteiger partial charge in [0.15, 0.2) is 11.5 Å². The molecule has 0 aliphatic heterocycles. The van der Waals surface area contributed by atoms with E-state index >= 15 is 0 Å². The van der Waals surface area contributed by atoms with Gasteiger partial charge in [0.05, 0.1) is 25.9 Å². The van der Waals surface area contributed by atoms with Crippen molar-refractivity contribution in [2.45, 2.75) is 33.2 Å². The van der Waals surface area contributed by atoms with Crippen LogP contribution >= 0.6 is 0 Å². The molecule has 0 unspecified atom stereocenters. The first kappa shape index (κ1) is 16.3. The number of ether oxygens (including phenoxy) is 2.